The zero-order valence-corrected chi connectivity index (χ0v) is 15.5. The van der Waals surface area contributed by atoms with Crippen LogP contribution in [0.5, 0.6) is 0 Å². The molecule has 2 atom stereocenters. The van der Waals surface area contributed by atoms with E-state index in [0.29, 0.717) is 25.4 Å². The normalized spacial score (nSPS) is 31.6. The summed E-state index contributed by atoms with van der Waals surface area (Å²) < 4.78 is 33.0. The third-order valence-corrected chi connectivity index (χ3v) is 7.31. The average Bonchev–Trinajstić information content (AvgIpc) is 2.54. The van der Waals surface area contributed by atoms with Gasteiger partial charge in [0.25, 0.3) is 0 Å². The summed E-state index contributed by atoms with van der Waals surface area (Å²) in [5.74, 6) is 0.368. The molecule has 0 amide bonds. The van der Waals surface area contributed by atoms with Crippen molar-refractivity contribution < 1.29 is 17.9 Å². The van der Waals surface area contributed by atoms with E-state index in [4.69, 9.17) is 10.5 Å². The van der Waals surface area contributed by atoms with Gasteiger partial charge >= 0.3 is 5.97 Å². The van der Waals surface area contributed by atoms with Crippen LogP contribution in [0.1, 0.15) is 71.1 Å². The Kier molecular flexibility index (Phi) is 7.50. The van der Waals surface area contributed by atoms with Crippen molar-refractivity contribution in [3.8, 4) is 0 Å². The predicted molar refractivity (Wildman–Crippen MR) is 93.9 cm³/mol. The van der Waals surface area contributed by atoms with Crippen LogP contribution in [-0.4, -0.2) is 38.3 Å². The number of nitrogens with two attached hydrogens (primary N) is 1. The molecule has 0 bridgehead atoms. The summed E-state index contributed by atoms with van der Waals surface area (Å²) in [7, 11) is -3.27. The number of hydrogen-bond donors (Lipinski definition) is 2. The smallest absolute Gasteiger partial charge is 0.305 e. The number of hydrogen-bond acceptors (Lipinski definition) is 5. The minimum Gasteiger partial charge on any atom is -0.466 e. The minimum absolute atomic E-state index is 0.0129. The van der Waals surface area contributed by atoms with Gasteiger partial charge in [0.1, 0.15) is 0 Å². The standard InChI is InChI=1S/C17H32N2O4S/c1-2-23-17(20)11-8-13-6-9-15(10-7-13)19-24(21,22)16-5-3-4-14(18)12-16/h13-16,19H,2-12,18H2,1H3. The van der Waals surface area contributed by atoms with Crippen molar-refractivity contribution in [3.63, 3.8) is 0 Å². The van der Waals surface area contributed by atoms with Crippen molar-refractivity contribution in [3.05, 3.63) is 0 Å². The molecule has 2 saturated carbocycles. The van der Waals surface area contributed by atoms with E-state index in [9.17, 15) is 13.2 Å². The fraction of sp³-hybridized carbons (Fsp3) is 0.941. The van der Waals surface area contributed by atoms with Crippen molar-refractivity contribution >= 4 is 16.0 Å². The summed E-state index contributed by atoms with van der Waals surface area (Å²) in [6.07, 6.45) is 8.07. The maximum Gasteiger partial charge on any atom is 0.305 e. The molecule has 0 radical (unpaired) electrons. The second kappa shape index (κ2) is 9.15. The molecule has 0 saturated heterocycles. The third kappa shape index (κ3) is 6.01. The first-order valence-corrected chi connectivity index (χ1v) is 10.9. The summed E-state index contributed by atoms with van der Waals surface area (Å²) in [5.41, 5.74) is 5.92. The number of carbonyl (C=O) groups excluding carboxylic acids is 1. The fourth-order valence-electron chi connectivity index (χ4n) is 3.92. The number of carbonyl (C=O) groups is 1. The fourth-order valence-corrected chi connectivity index (χ4v) is 5.79. The Morgan fingerprint density at radius 2 is 1.88 bits per heavy atom. The van der Waals surface area contributed by atoms with Gasteiger partial charge in [0.05, 0.1) is 11.9 Å². The summed E-state index contributed by atoms with van der Waals surface area (Å²) >= 11 is 0. The van der Waals surface area contributed by atoms with Crippen LogP contribution < -0.4 is 10.5 Å². The molecule has 2 fully saturated rings. The van der Waals surface area contributed by atoms with E-state index < -0.39 is 10.0 Å². The number of sulfonamides is 1. The number of nitrogens with one attached hydrogen (secondary N) is 1. The van der Waals surface area contributed by atoms with Crippen LogP contribution in [0.4, 0.5) is 0 Å². The van der Waals surface area contributed by atoms with E-state index in [-0.39, 0.29) is 23.3 Å². The Bertz CT molecular complexity index is 501. The van der Waals surface area contributed by atoms with Crippen LogP contribution in [0, 0.1) is 5.92 Å². The lowest BCUT2D eigenvalue weighted by Crippen LogP contribution is -2.45. The second-order valence-electron chi connectivity index (χ2n) is 7.27. The van der Waals surface area contributed by atoms with Crippen LogP contribution in [-0.2, 0) is 19.6 Å². The lowest BCUT2D eigenvalue weighted by molar-refractivity contribution is -0.143. The minimum atomic E-state index is -3.27. The average molecular weight is 361 g/mol. The highest BCUT2D eigenvalue weighted by Gasteiger charge is 2.33. The van der Waals surface area contributed by atoms with Gasteiger partial charge in [-0.25, -0.2) is 13.1 Å². The van der Waals surface area contributed by atoms with Crippen LogP contribution in [0.15, 0.2) is 0 Å². The topological polar surface area (TPSA) is 98.5 Å². The lowest BCUT2D eigenvalue weighted by atomic mass is 9.84. The van der Waals surface area contributed by atoms with Gasteiger partial charge in [0, 0.05) is 18.5 Å². The second-order valence-corrected chi connectivity index (χ2v) is 9.27. The highest BCUT2D eigenvalue weighted by Crippen LogP contribution is 2.29. The van der Waals surface area contributed by atoms with E-state index in [1.807, 2.05) is 6.92 Å². The first-order valence-electron chi connectivity index (χ1n) is 9.33. The van der Waals surface area contributed by atoms with E-state index in [2.05, 4.69) is 4.72 Å². The zero-order valence-electron chi connectivity index (χ0n) is 14.7. The first kappa shape index (κ1) is 19.7. The van der Waals surface area contributed by atoms with Gasteiger partial charge in [-0.05, 0) is 64.2 Å². The molecular weight excluding hydrogens is 328 g/mol. The molecule has 2 aliphatic rings. The Balaban J connectivity index is 1.73. The molecule has 0 aromatic carbocycles. The van der Waals surface area contributed by atoms with E-state index in [1.165, 1.54) is 0 Å². The molecule has 2 rings (SSSR count). The maximum absolute atomic E-state index is 12.5. The molecule has 7 heteroatoms. The molecule has 0 aromatic heterocycles. The zero-order chi connectivity index (χ0) is 17.6. The lowest BCUT2D eigenvalue weighted by Gasteiger charge is -2.32. The molecule has 0 aromatic rings. The number of esters is 1. The molecule has 2 unspecified atom stereocenters. The number of ether oxygens (including phenoxy) is 1. The van der Waals surface area contributed by atoms with Crippen LogP contribution in [0.2, 0.25) is 0 Å². The highest BCUT2D eigenvalue weighted by atomic mass is 32.2. The summed E-state index contributed by atoms with van der Waals surface area (Å²) in [6.45, 7) is 2.24. The van der Waals surface area contributed by atoms with Gasteiger partial charge in [-0.1, -0.05) is 6.42 Å². The van der Waals surface area contributed by atoms with Gasteiger partial charge in [-0.3, -0.25) is 4.79 Å². The van der Waals surface area contributed by atoms with Gasteiger partial charge < -0.3 is 10.5 Å². The Hall–Kier alpha value is -0.660. The Labute approximate surface area is 145 Å². The van der Waals surface area contributed by atoms with Crippen molar-refractivity contribution in [1.82, 2.24) is 4.72 Å². The molecule has 3 N–H and O–H groups in total. The molecule has 140 valence electrons. The van der Waals surface area contributed by atoms with Gasteiger partial charge in [0.15, 0.2) is 0 Å². The molecule has 2 aliphatic carbocycles. The quantitative estimate of drug-likeness (QED) is 0.677. The van der Waals surface area contributed by atoms with Crippen LogP contribution in [0.3, 0.4) is 0 Å². The van der Waals surface area contributed by atoms with Crippen molar-refractivity contribution in [2.75, 3.05) is 6.61 Å². The Morgan fingerprint density at radius 3 is 2.50 bits per heavy atom. The van der Waals surface area contributed by atoms with E-state index in [0.717, 1.165) is 51.4 Å². The SMILES string of the molecule is CCOC(=O)CCC1CCC(NS(=O)(=O)C2CCCC(N)C2)CC1. The first-order chi connectivity index (χ1) is 11.4. The molecular formula is C17H32N2O4S. The van der Waals surface area contributed by atoms with Crippen molar-refractivity contribution in [1.29, 1.82) is 0 Å². The van der Waals surface area contributed by atoms with Crippen LogP contribution in [0.25, 0.3) is 0 Å². The molecule has 6 nitrogen and oxygen atoms in total. The Morgan fingerprint density at radius 1 is 1.17 bits per heavy atom. The van der Waals surface area contributed by atoms with E-state index >= 15 is 0 Å². The molecule has 24 heavy (non-hydrogen) atoms. The third-order valence-electron chi connectivity index (χ3n) is 5.35. The highest BCUT2D eigenvalue weighted by molar-refractivity contribution is 7.90. The summed E-state index contributed by atoms with van der Waals surface area (Å²) in [6, 6.07) is 0.0472. The largest absolute Gasteiger partial charge is 0.466 e. The number of rotatable bonds is 7. The van der Waals surface area contributed by atoms with Crippen molar-refractivity contribution in [2.24, 2.45) is 11.7 Å². The summed E-state index contributed by atoms with van der Waals surface area (Å²) in [5, 5.41) is -0.331. The van der Waals surface area contributed by atoms with Gasteiger partial charge in [-0.15, -0.1) is 0 Å². The monoisotopic (exact) mass is 360 g/mol. The molecule has 0 aliphatic heterocycles. The summed E-state index contributed by atoms with van der Waals surface area (Å²) in [4.78, 5) is 11.4. The van der Waals surface area contributed by atoms with Gasteiger partial charge in [-0.2, -0.15) is 0 Å². The maximum atomic E-state index is 12.5. The van der Waals surface area contributed by atoms with Crippen LogP contribution >= 0.6 is 0 Å². The van der Waals surface area contributed by atoms with Crippen molar-refractivity contribution in [2.45, 2.75) is 88.5 Å². The van der Waals surface area contributed by atoms with Gasteiger partial charge in [0.2, 0.25) is 10.0 Å². The predicted octanol–water partition coefficient (Wildman–Crippen LogP) is 2.08. The molecule has 0 spiro atoms. The van der Waals surface area contributed by atoms with E-state index in [1.54, 1.807) is 0 Å². The molecule has 0 heterocycles.